The number of nitrogen functional groups attached to an aromatic ring is 1. The lowest BCUT2D eigenvalue weighted by molar-refractivity contribution is 0.0946. The lowest BCUT2D eigenvalue weighted by Crippen LogP contribution is -2.24. The standard InChI is InChI=1S/C22H19Cl2FN4O2/c1-12(2)3-4-13-7-15(26)9-16(8-13)31-20-17(23)6-5-14(18(20)25)10-27-22(30)19-21(24)29-11-28-19/h5-9,11-12H,10,26H2,1-2H3,(H,27,30)(H,28,29). The van der Waals surface area contributed by atoms with Crippen molar-refractivity contribution in [1.82, 2.24) is 15.3 Å². The molecule has 0 spiro atoms. The van der Waals surface area contributed by atoms with E-state index in [0.717, 1.165) is 0 Å². The number of carbonyl (C=O) groups excluding carboxylic acids is 1. The summed E-state index contributed by atoms with van der Waals surface area (Å²) in [6.07, 6.45) is 1.29. The molecule has 2 aromatic carbocycles. The second kappa shape index (κ2) is 9.73. The van der Waals surface area contributed by atoms with E-state index in [1.165, 1.54) is 18.5 Å². The number of rotatable bonds is 5. The molecule has 0 saturated heterocycles. The summed E-state index contributed by atoms with van der Waals surface area (Å²) in [4.78, 5) is 18.6. The predicted octanol–water partition coefficient (Wildman–Crippen LogP) is 5.17. The fourth-order valence-electron chi connectivity index (χ4n) is 2.60. The first kappa shape index (κ1) is 22.5. The average Bonchev–Trinajstić information content (AvgIpc) is 3.14. The van der Waals surface area contributed by atoms with Gasteiger partial charge >= 0.3 is 0 Å². The van der Waals surface area contributed by atoms with Crippen LogP contribution in [-0.4, -0.2) is 15.9 Å². The lowest BCUT2D eigenvalue weighted by atomic mass is 10.1. The number of ether oxygens (including phenoxy) is 1. The number of anilines is 1. The zero-order valence-electron chi connectivity index (χ0n) is 16.7. The first-order valence-electron chi connectivity index (χ1n) is 9.28. The molecule has 0 atom stereocenters. The summed E-state index contributed by atoms with van der Waals surface area (Å²) in [5.74, 6) is 5.07. The predicted molar refractivity (Wildman–Crippen MR) is 119 cm³/mol. The Kier molecular flexibility index (Phi) is 7.06. The normalized spacial score (nSPS) is 10.5. The van der Waals surface area contributed by atoms with Crippen LogP contribution >= 0.6 is 23.2 Å². The number of hydrogen-bond donors (Lipinski definition) is 3. The Hall–Kier alpha value is -3.21. The van der Waals surface area contributed by atoms with Crippen molar-refractivity contribution in [2.75, 3.05) is 5.73 Å². The van der Waals surface area contributed by atoms with Gasteiger partial charge < -0.3 is 20.8 Å². The third kappa shape index (κ3) is 5.69. The van der Waals surface area contributed by atoms with Crippen LogP contribution in [0, 0.1) is 23.6 Å². The quantitative estimate of drug-likeness (QED) is 0.361. The van der Waals surface area contributed by atoms with Crippen molar-refractivity contribution in [3.05, 3.63) is 69.5 Å². The molecular formula is C22H19Cl2FN4O2. The summed E-state index contributed by atoms with van der Waals surface area (Å²) in [6.45, 7) is 3.82. The Morgan fingerprint density at radius 1 is 1.32 bits per heavy atom. The van der Waals surface area contributed by atoms with Gasteiger partial charge in [0.15, 0.2) is 17.3 Å². The van der Waals surface area contributed by atoms with Gasteiger partial charge in [0.1, 0.15) is 10.9 Å². The lowest BCUT2D eigenvalue weighted by Gasteiger charge is -2.13. The maximum Gasteiger partial charge on any atom is 0.273 e. The number of amides is 1. The van der Waals surface area contributed by atoms with Crippen molar-refractivity contribution < 1.29 is 13.9 Å². The molecular weight excluding hydrogens is 442 g/mol. The fraction of sp³-hybridized carbons (Fsp3) is 0.182. The first-order valence-corrected chi connectivity index (χ1v) is 10.0. The van der Waals surface area contributed by atoms with Crippen molar-refractivity contribution in [3.63, 3.8) is 0 Å². The van der Waals surface area contributed by atoms with Crippen LogP contribution in [0.4, 0.5) is 10.1 Å². The van der Waals surface area contributed by atoms with E-state index in [1.807, 2.05) is 13.8 Å². The Morgan fingerprint density at radius 2 is 2.10 bits per heavy atom. The molecule has 0 aliphatic rings. The van der Waals surface area contributed by atoms with Gasteiger partial charge in [-0.3, -0.25) is 4.79 Å². The number of hydrogen-bond acceptors (Lipinski definition) is 4. The molecule has 6 nitrogen and oxygen atoms in total. The zero-order valence-corrected chi connectivity index (χ0v) is 18.2. The number of H-pyrrole nitrogens is 1. The van der Waals surface area contributed by atoms with E-state index >= 15 is 4.39 Å². The van der Waals surface area contributed by atoms with Gasteiger partial charge in [0.2, 0.25) is 0 Å². The molecule has 1 amide bonds. The van der Waals surface area contributed by atoms with Crippen LogP contribution in [0.5, 0.6) is 11.5 Å². The minimum atomic E-state index is -0.710. The highest BCUT2D eigenvalue weighted by Crippen LogP contribution is 2.35. The fourth-order valence-corrected chi connectivity index (χ4v) is 2.97. The number of carbonyl (C=O) groups is 1. The molecule has 1 heterocycles. The van der Waals surface area contributed by atoms with E-state index < -0.39 is 11.7 Å². The van der Waals surface area contributed by atoms with Gasteiger partial charge in [0.25, 0.3) is 5.91 Å². The Morgan fingerprint density at radius 3 is 2.77 bits per heavy atom. The molecule has 1 aromatic heterocycles. The van der Waals surface area contributed by atoms with E-state index in [1.54, 1.807) is 18.2 Å². The average molecular weight is 461 g/mol. The summed E-state index contributed by atoms with van der Waals surface area (Å²) in [5.41, 5.74) is 7.17. The largest absolute Gasteiger partial charge is 0.453 e. The molecule has 0 saturated carbocycles. The molecule has 4 N–H and O–H groups in total. The Labute approximate surface area is 188 Å². The van der Waals surface area contributed by atoms with Crippen molar-refractivity contribution in [2.45, 2.75) is 20.4 Å². The first-order chi connectivity index (χ1) is 14.7. The van der Waals surface area contributed by atoms with Crippen molar-refractivity contribution in [2.24, 2.45) is 5.92 Å². The highest BCUT2D eigenvalue weighted by atomic mass is 35.5. The van der Waals surface area contributed by atoms with Crippen molar-refractivity contribution in [3.8, 4) is 23.3 Å². The molecule has 31 heavy (non-hydrogen) atoms. The number of nitrogens with one attached hydrogen (secondary N) is 2. The topological polar surface area (TPSA) is 93.0 Å². The summed E-state index contributed by atoms with van der Waals surface area (Å²) in [6, 6.07) is 7.83. The smallest absolute Gasteiger partial charge is 0.273 e. The van der Waals surface area contributed by atoms with Gasteiger partial charge in [-0.1, -0.05) is 55.0 Å². The zero-order chi connectivity index (χ0) is 22.5. The molecule has 160 valence electrons. The van der Waals surface area contributed by atoms with Gasteiger partial charge in [0.05, 0.1) is 11.3 Å². The third-order valence-corrected chi connectivity index (χ3v) is 4.62. The minimum absolute atomic E-state index is 0.0160. The Bertz CT molecular complexity index is 1180. The van der Waals surface area contributed by atoms with E-state index in [-0.39, 0.29) is 39.6 Å². The maximum absolute atomic E-state index is 15.1. The molecule has 0 bridgehead atoms. The van der Waals surface area contributed by atoms with Crippen LogP contribution < -0.4 is 15.8 Å². The number of halogens is 3. The monoisotopic (exact) mass is 460 g/mol. The maximum atomic E-state index is 15.1. The molecule has 0 unspecified atom stereocenters. The van der Waals surface area contributed by atoms with Crippen molar-refractivity contribution >= 4 is 34.8 Å². The summed E-state index contributed by atoms with van der Waals surface area (Å²) >= 11 is 12.0. The molecule has 0 aliphatic heterocycles. The molecule has 9 heteroatoms. The van der Waals surface area contributed by atoms with Crippen LogP contribution in [0.25, 0.3) is 0 Å². The number of nitrogens with two attached hydrogens (primary N) is 1. The SMILES string of the molecule is CC(C)C#Cc1cc(N)cc(Oc2c(Cl)ccc(CNC(=O)c3nc[nH]c3Cl)c2F)c1. The molecule has 0 fully saturated rings. The second-order valence-electron chi connectivity index (χ2n) is 6.91. The molecule has 0 aliphatic carbocycles. The van der Waals surface area contributed by atoms with Crippen LogP contribution in [-0.2, 0) is 6.54 Å². The van der Waals surface area contributed by atoms with Crippen molar-refractivity contribution in [1.29, 1.82) is 0 Å². The number of benzene rings is 2. The second-order valence-corrected chi connectivity index (χ2v) is 7.70. The minimum Gasteiger partial charge on any atom is -0.453 e. The van der Waals surface area contributed by atoms with E-state index in [0.29, 0.717) is 17.0 Å². The van der Waals surface area contributed by atoms with Crippen LogP contribution in [0.15, 0.2) is 36.7 Å². The number of imidazole rings is 1. The van der Waals surface area contributed by atoms with E-state index in [9.17, 15) is 4.79 Å². The third-order valence-electron chi connectivity index (χ3n) is 4.03. The van der Waals surface area contributed by atoms with Gasteiger partial charge in [-0.05, 0) is 18.2 Å². The van der Waals surface area contributed by atoms with Crippen LogP contribution in [0.2, 0.25) is 10.2 Å². The highest BCUT2D eigenvalue weighted by Gasteiger charge is 2.18. The summed E-state index contributed by atoms with van der Waals surface area (Å²) in [5, 5.41) is 2.72. The van der Waals surface area contributed by atoms with Crippen LogP contribution in [0.3, 0.4) is 0 Å². The van der Waals surface area contributed by atoms with Gasteiger partial charge in [-0.15, -0.1) is 0 Å². The van der Waals surface area contributed by atoms with E-state index in [2.05, 4.69) is 27.1 Å². The van der Waals surface area contributed by atoms with Gasteiger partial charge in [-0.2, -0.15) is 0 Å². The van der Waals surface area contributed by atoms with Crippen LogP contribution in [0.1, 0.15) is 35.5 Å². The highest BCUT2D eigenvalue weighted by molar-refractivity contribution is 6.32. The summed E-state index contributed by atoms with van der Waals surface area (Å²) < 4.78 is 20.8. The van der Waals surface area contributed by atoms with E-state index in [4.69, 9.17) is 33.7 Å². The molecule has 3 rings (SSSR count). The molecule has 3 aromatic rings. The summed E-state index contributed by atoms with van der Waals surface area (Å²) in [7, 11) is 0. The molecule has 0 radical (unpaired) electrons. The number of aromatic amines is 1. The van der Waals surface area contributed by atoms with Gasteiger partial charge in [-0.25, -0.2) is 9.37 Å². The number of aromatic nitrogens is 2. The Balaban J connectivity index is 1.82. The van der Waals surface area contributed by atoms with Gasteiger partial charge in [0, 0.05) is 35.3 Å². The number of nitrogens with zero attached hydrogens (tertiary/aromatic N) is 1.